The van der Waals surface area contributed by atoms with Crippen molar-refractivity contribution >= 4 is 34.1 Å². The molecule has 3 N–H and O–H groups in total. The number of rotatable bonds is 8. The van der Waals surface area contributed by atoms with E-state index in [1.165, 1.54) is 27.8 Å². The predicted octanol–water partition coefficient (Wildman–Crippen LogP) is 2.67. The molecule has 11 nitrogen and oxygen atoms in total. The van der Waals surface area contributed by atoms with E-state index in [1.54, 1.807) is 25.0 Å². The Morgan fingerprint density at radius 2 is 2.03 bits per heavy atom. The molecule has 0 aliphatic rings. The third-order valence-electron chi connectivity index (χ3n) is 4.61. The summed E-state index contributed by atoms with van der Waals surface area (Å²) in [5.41, 5.74) is 3.23. The van der Waals surface area contributed by atoms with Gasteiger partial charge in [-0.1, -0.05) is 11.8 Å². The second-order valence-corrected chi connectivity index (χ2v) is 8.73. The lowest BCUT2D eigenvalue weighted by Gasteiger charge is -2.08. The van der Waals surface area contributed by atoms with Crippen molar-refractivity contribution in [3.8, 4) is 28.7 Å². The Labute approximate surface area is 197 Å². The highest BCUT2D eigenvalue weighted by molar-refractivity contribution is 7.99. The number of hydrogen-bond donors (Lipinski definition) is 2. The van der Waals surface area contributed by atoms with Gasteiger partial charge in [0.2, 0.25) is 11.1 Å². The molecule has 0 bridgehead atoms. The van der Waals surface area contributed by atoms with Crippen molar-refractivity contribution in [3.63, 3.8) is 0 Å². The summed E-state index contributed by atoms with van der Waals surface area (Å²) in [5, 5.41) is 18.0. The number of aromatic nitrogens is 6. The van der Waals surface area contributed by atoms with Gasteiger partial charge >= 0.3 is 0 Å². The summed E-state index contributed by atoms with van der Waals surface area (Å²) < 4.78 is 13.6. The lowest BCUT2D eigenvalue weighted by Crippen LogP contribution is -2.18. The Morgan fingerprint density at radius 3 is 2.73 bits per heavy atom. The van der Waals surface area contributed by atoms with Crippen molar-refractivity contribution in [2.75, 3.05) is 31.1 Å². The number of carbonyl (C=O) groups excluding carboxylic acids is 1. The first kappa shape index (κ1) is 22.6. The predicted molar refractivity (Wildman–Crippen MR) is 127 cm³/mol. The molecule has 1 aromatic carbocycles. The van der Waals surface area contributed by atoms with E-state index in [9.17, 15) is 4.79 Å². The molecular weight excluding hydrogens is 464 g/mol. The Morgan fingerprint density at radius 1 is 1.21 bits per heavy atom. The number of aryl methyl sites for hydroxylation is 2. The standard InChI is InChI=1S/C20H22N8O3S2/c1-11-7-12(2)28(26-11)19-24-25-20(27(19)21)33-10-17(29)23-18-22-15(9-32-18)14-6-5-13(30-3)8-16(14)31-4/h5-9H,10,21H2,1-4H3,(H,22,23,29). The first-order valence-corrected chi connectivity index (χ1v) is 11.6. The highest BCUT2D eigenvalue weighted by Crippen LogP contribution is 2.34. The van der Waals surface area contributed by atoms with Crippen LogP contribution >= 0.6 is 23.1 Å². The van der Waals surface area contributed by atoms with Gasteiger partial charge in [0.15, 0.2) is 5.13 Å². The highest BCUT2D eigenvalue weighted by atomic mass is 32.2. The second kappa shape index (κ2) is 9.50. The molecule has 4 aromatic rings. The molecule has 0 saturated carbocycles. The van der Waals surface area contributed by atoms with Crippen LogP contribution in [0.25, 0.3) is 17.2 Å². The number of carbonyl (C=O) groups is 1. The molecule has 0 spiro atoms. The second-order valence-electron chi connectivity index (χ2n) is 6.93. The van der Waals surface area contributed by atoms with Gasteiger partial charge in [-0.15, -0.1) is 21.5 Å². The molecule has 0 atom stereocenters. The minimum Gasteiger partial charge on any atom is -0.497 e. The summed E-state index contributed by atoms with van der Waals surface area (Å²) in [6.45, 7) is 3.79. The third-order valence-corrected chi connectivity index (χ3v) is 6.31. The summed E-state index contributed by atoms with van der Waals surface area (Å²) in [6.07, 6.45) is 0. The maximum atomic E-state index is 12.5. The number of nitrogens with zero attached hydrogens (tertiary/aromatic N) is 6. The molecule has 0 radical (unpaired) electrons. The Kier molecular flexibility index (Phi) is 6.51. The van der Waals surface area contributed by atoms with E-state index in [0.717, 1.165) is 17.0 Å². The van der Waals surface area contributed by atoms with E-state index in [1.807, 2.05) is 37.4 Å². The van der Waals surface area contributed by atoms with E-state index in [0.29, 0.717) is 33.4 Å². The lowest BCUT2D eigenvalue weighted by atomic mass is 10.1. The Hall–Kier alpha value is -3.58. The fraction of sp³-hybridized carbons (Fsp3) is 0.250. The molecule has 172 valence electrons. The van der Waals surface area contributed by atoms with Gasteiger partial charge in [0.1, 0.15) is 11.5 Å². The molecule has 4 rings (SSSR count). The smallest absolute Gasteiger partial charge is 0.271 e. The number of methoxy groups -OCH3 is 2. The van der Waals surface area contributed by atoms with Crippen molar-refractivity contribution < 1.29 is 14.3 Å². The number of ether oxygens (including phenoxy) is 2. The molecule has 3 aromatic heterocycles. The van der Waals surface area contributed by atoms with Crippen LogP contribution in [-0.2, 0) is 4.79 Å². The van der Waals surface area contributed by atoms with Gasteiger partial charge in [-0.05, 0) is 32.0 Å². The van der Waals surface area contributed by atoms with Crippen LogP contribution in [0.2, 0.25) is 0 Å². The zero-order valence-corrected chi connectivity index (χ0v) is 20.0. The lowest BCUT2D eigenvalue weighted by molar-refractivity contribution is -0.113. The third kappa shape index (κ3) is 4.78. The molecule has 13 heteroatoms. The van der Waals surface area contributed by atoms with E-state index >= 15 is 0 Å². The summed E-state index contributed by atoms with van der Waals surface area (Å²) in [7, 11) is 3.18. The van der Waals surface area contributed by atoms with Crippen molar-refractivity contribution in [2.45, 2.75) is 19.0 Å². The number of nitrogens with two attached hydrogens (primary N) is 1. The van der Waals surface area contributed by atoms with Crippen LogP contribution in [0.1, 0.15) is 11.4 Å². The number of hydrogen-bond acceptors (Lipinski definition) is 10. The van der Waals surface area contributed by atoms with Crippen LogP contribution in [-0.4, -0.2) is 55.5 Å². The quantitative estimate of drug-likeness (QED) is 0.285. The minimum absolute atomic E-state index is 0.0905. The van der Waals surface area contributed by atoms with Gasteiger partial charge in [-0.3, -0.25) is 4.79 Å². The molecule has 0 unspecified atom stereocenters. The summed E-state index contributed by atoms with van der Waals surface area (Å²) in [4.78, 5) is 17.0. The summed E-state index contributed by atoms with van der Waals surface area (Å²) in [6, 6.07) is 7.39. The van der Waals surface area contributed by atoms with Crippen molar-refractivity contribution in [1.82, 2.24) is 29.6 Å². The van der Waals surface area contributed by atoms with E-state index in [-0.39, 0.29) is 11.7 Å². The first-order valence-electron chi connectivity index (χ1n) is 9.74. The molecule has 33 heavy (non-hydrogen) atoms. The number of nitrogen functional groups attached to an aromatic ring is 1. The monoisotopic (exact) mass is 486 g/mol. The number of thioether (sulfide) groups is 1. The van der Waals surface area contributed by atoms with Gasteiger partial charge in [0.25, 0.3) is 5.95 Å². The van der Waals surface area contributed by atoms with Crippen LogP contribution in [0.3, 0.4) is 0 Å². The van der Waals surface area contributed by atoms with Crippen LogP contribution in [0.5, 0.6) is 11.5 Å². The first-order chi connectivity index (χ1) is 15.9. The van der Waals surface area contributed by atoms with Gasteiger partial charge in [-0.25, -0.2) is 14.3 Å². The number of amides is 1. The largest absolute Gasteiger partial charge is 0.497 e. The molecule has 1 amide bonds. The van der Waals surface area contributed by atoms with Crippen LogP contribution in [0.4, 0.5) is 5.13 Å². The fourth-order valence-electron chi connectivity index (χ4n) is 3.09. The number of nitrogens with one attached hydrogen (secondary N) is 1. The van der Waals surface area contributed by atoms with Gasteiger partial charge in [0.05, 0.1) is 31.4 Å². The molecule has 0 aliphatic heterocycles. The molecule has 3 heterocycles. The van der Waals surface area contributed by atoms with Crippen LogP contribution < -0.4 is 20.6 Å². The van der Waals surface area contributed by atoms with E-state index in [2.05, 4.69) is 25.6 Å². The molecular formula is C20H22N8O3S2. The van der Waals surface area contributed by atoms with Crippen molar-refractivity contribution in [3.05, 3.63) is 41.0 Å². The molecule has 0 fully saturated rings. The molecule has 0 aliphatic carbocycles. The summed E-state index contributed by atoms with van der Waals surface area (Å²) >= 11 is 2.49. The van der Waals surface area contributed by atoms with Crippen molar-refractivity contribution in [2.24, 2.45) is 0 Å². The van der Waals surface area contributed by atoms with Crippen LogP contribution in [0.15, 0.2) is 34.8 Å². The Balaban J connectivity index is 1.40. The van der Waals surface area contributed by atoms with Crippen molar-refractivity contribution in [1.29, 1.82) is 0 Å². The number of benzene rings is 1. The fourth-order valence-corrected chi connectivity index (χ4v) is 4.47. The van der Waals surface area contributed by atoms with E-state index in [4.69, 9.17) is 15.3 Å². The SMILES string of the molecule is COc1ccc(-c2csc(NC(=O)CSc3nnc(-n4nc(C)cc4C)n3N)n2)c(OC)c1. The normalized spacial score (nSPS) is 10.9. The average Bonchev–Trinajstić information content (AvgIpc) is 3.50. The maximum Gasteiger partial charge on any atom is 0.271 e. The summed E-state index contributed by atoms with van der Waals surface area (Å²) in [5.74, 6) is 7.66. The maximum absolute atomic E-state index is 12.5. The number of anilines is 1. The van der Waals surface area contributed by atoms with Gasteiger partial charge < -0.3 is 20.6 Å². The van der Waals surface area contributed by atoms with E-state index < -0.39 is 0 Å². The topological polar surface area (TPSA) is 135 Å². The highest BCUT2D eigenvalue weighted by Gasteiger charge is 2.17. The Bertz CT molecular complexity index is 1300. The van der Waals surface area contributed by atoms with Crippen LogP contribution in [0, 0.1) is 13.8 Å². The zero-order chi connectivity index (χ0) is 23.5. The number of thiazole rings is 1. The minimum atomic E-state index is -0.238. The molecule has 0 saturated heterocycles. The van der Waals surface area contributed by atoms with Gasteiger partial charge in [-0.2, -0.15) is 5.10 Å². The zero-order valence-electron chi connectivity index (χ0n) is 18.4. The van der Waals surface area contributed by atoms with Gasteiger partial charge in [0, 0.05) is 22.7 Å². The average molecular weight is 487 g/mol.